The topological polar surface area (TPSA) is 74.5 Å². The Balaban J connectivity index is 1.70. The molecule has 0 aliphatic carbocycles. The molecule has 0 unspecified atom stereocenters. The summed E-state index contributed by atoms with van der Waals surface area (Å²) in [5, 5.41) is 4.62. The van der Waals surface area contributed by atoms with Crippen LogP contribution in [-0.2, 0) is 6.54 Å². The van der Waals surface area contributed by atoms with E-state index in [1.54, 1.807) is 12.1 Å². The van der Waals surface area contributed by atoms with Crippen molar-refractivity contribution in [1.82, 2.24) is 20.2 Å². The predicted octanol–water partition coefficient (Wildman–Crippen LogP) is 3.95. The monoisotopic (exact) mass is 427 g/mol. The molecule has 1 aromatic carbocycles. The summed E-state index contributed by atoms with van der Waals surface area (Å²) >= 11 is 6.13. The van der Waals surface area contributed by atoms with Crippen LogP contribution in [0.4, 0.5) is 5.82 Å². The summed E-state index contributed by atoms with van der Waals surface area (Å²) in [6, 6.07) is 7.19. The van der Waals surface area contributed by atoms with Gasteiger partial charge in [-0.3, -0.25) is 4.79 Å². The average molecular weight is 428 g/mol. The van der Waals surface area contributed by atoms with Gasteiger partial charge in [0, 0.05) is 49.2 Å². The van der Waals surface area contributed by atoms with Crippen molar-refractivity contribution < 1.29 is 9.21 Å². The Hall–Kier alpha value is -2.64. The Kier molecular flexibility index (Phi) is 5.66. The minimum absolute atomic E-state index is 0.128. The maximum Gasteiger partial charge on any atom is 0.290 e. The summed E-state index contributed by atoms with van der Waals surface area (Å²) in [5.74, 6) is 1.74. The first-order valence-electron chi connectivity index (χ1n) is 10.1. The number of furan rings is 1. The lowest BCUT2D eigenvalue weighted by Crippen LogP contribution is -2.32. The average Bonchev–Trinajstić information content (AvgIpc) is 3.33. The molecule has 1 aliphatic rings. The number of likely N-dealkylation sites (tertiary alicyclic amines) is 1. The number of aryl methyl sites for hydroxylation is 1. The quantitative estimate of drug-likeness (QED) is 0.664. The number of benzene rings is 1. The van der Waals surface area contributed by atoms with Crippen molar-refractivity contribution in [2.75, 3.05) is 32.6 Å². The van der Waals surface area contributed by atoms with Gasteiger partial charge in [0.05, 0.1) is 11.7 Å². The van der Waals surface area contributed by atoms with E-state index in [1.807, 2.05) is 50.0 Å². The van der Waals surface area contributed by atoms with Gasteiger partial charge in [-0.1, -0.05) is 11.6 Å². The third kappa shape index (κ3) is 3.75. The third-order valence-corrected chi connectivity index (χ3v) is 5.74. The lowest BCUT2D eigenvalue weighted by Gasteiger charge is -2.24. The molecule has 3 heterocycles. The molecule has 1 amide bonds. The van der Waals surface area contributed by atoms with Crippen LogP contribution in [0.25, 0.3) is 11.0 Å². The Morgan fingerprint density at radius 2 is 2.13 bits per heavy atom. The van der Waals surface area contributed by atoms with Crippen LogP contribution in [0, 0.1) is 6.92 Å². The number of nitrogens with one attached hydrogen (secondary N) is 1. The van der Waals surface area contributed by atoms with Crippen LogP contribution in [0.5, 0.6) is 0 Å². The van der Waals surface area contributed by atoms with E-state index in [-0.39, 0.29) is 11.9 Å². The molecule has 0 saturated carbocycles. The molecule has 3 aromatic rings. The molecule has 1 N–H and O–H groups in total. The molecule has 4 rings (SSSR count). The van der Waals surface area contributed by atoms with Gasteiger partial charge in [-0.15, -0.1) is 0 Å². The van der Waals surface area contributed by atoms with E-state index in [0.717, 1.165) is 35.3 Å². The highest BCUT2D eigenvalue weighted by Gasteiger charge is 2.35. The summed E-state index contributed by atoms with van der Waals surface area (Å²) in [7, 11) is 5.80. The van der Waals surface area contributed by atoms with Crippen LogP contribution in [0.1, 0.15) is 46.5 Å². The van der Waals surface area contributed by atoms with Gasteiger partial charge in [0.25, 0.3) is 5.91 Å². The maximum absolute atomic E-state index is 13.5. The van der Waals surface area contributed by atoms with Crippen molar-refractivity contribution in [2.45, 2.75) is 32.4 Å². The number of nitrogens with zero attached hydrogens (tertiary/aromatic N) is 4. The number of carbonyl (C=O) groups is 1. The van der Waals surface area contributed by atoms with Crippen molar-refractivity contribution in [2.24, 2.45) is 0 Å². The Labute approximate surface area is 181 Å². The fourth-order valence-electron chi connectivity index (χ4n) is 3.96. The van der Waals surface area contributed by atoms with Crippen LogP contribution in [0.15, 0.2) is 28.7 Å². The fraction of sp³-hybridized carbons (Fsp3) is 0.409. The number of fused-ring (bicyclic) bond motifs is 1. The predicted molar refractivity (Wildman–Crippen MR) is 118 cm³/mol. The van der Waals surface area contributed by atoms with Crippen molar-refractivity contribution in [3.63, 3.8) is 0 Å². The number of rotatable bonds is 5. The number of hydrogen-bond acceptors (Lipinski definition) is 6. The number of halogens is 1. The Bertz CT molecular complexity index is 1090. The highest BCUT2D eigenvalue weighted by Crippen LogP contribution is 2.35. The zero-order chi connectivity index (χ0) is 21.4. The van der Waals surface area contributed by atoms with Gasteiger partial charge in [0.1, 0.15) is 11.4 Å². The van der Waals surface area contributed by atoms with E-state index in [9.17, 15) is 4.79 Å². The first-order valence-corrected chi connectivity index (χ1v) is 10.5. The Morgan fingerprint density at radius 1 is 1.33 bits per heavy atom. The van der Waals surface area contributed by atoms with Crippen molar-refractivity contribution in [3.05, 3.63) is 52.1 Å². The van der Waals surface area contributed by atoms with Gasteiger partial charge in [0.2, 0.25) is 0 Å². The zero-order valence-electron chi connectivity index (χ0n) is 17.7. The third-order valence-electron chi connectivity index (χ3n) is 5.50. The largest absolute Gasteiger partial charge is 0.451 e. The minimum atomic E-state index is -0.177. The molecule has 1 aliphatic heterocycles. The number of anilines is 1. The van der Waals surface area contributed by atoms with Crippen molar-refractivity contribution >= 4 is 34.3 Å². The van der Waals surface area contributed by atoms with Crippen molar-refractivity contribution in [1.29, 1.82) is 0 Å². The minimum Gasteiger partial charge on any atom is -0.451 e. The van der Waals surface area contributed by atoms with Gasteiger partial charge < -0.3 is 19.5 Å². The van der Waals surface area contributed by atoms with E-state index in [2.05, 4.69) is 5.32 Å². The number of carbonyl (C=O) groups excluding carboxylic acids is 1. The molecule has 2 aromatic heterocycles. The molecule has 1 fully saturated rings. The normalized spacial score (nSPS) is 16.4. The SMILES string of the molecule is CNCc1cc(N(C)C)nc([C@@H]2CCCN2C(=O)c2oc3ccc(Cl)cc3c2C)n1. The summed E-state index contributed by atoms with van der Waals surface area (Å²) in [5.41, 5.74) is 2.38. The lowest BCUT2D eigenvalue weighted by atomic mass is 10.1. The molecular weight excluding hydrogens is 402 g/mol. The first kappa shape index (κ1) is 20.6. The first-order chi connectivity index (χ1) is 14.4. The van der Waals surface area contributed by atoms with Crippen LogP contribution < -0.4 is 10.2 Å². The molecule has 0 spiro atoms. The molecule has 158 valence electrons. The highest BCUT2D eigenvalue weighted by atomic mass is 35.5. The van der Waals surface area contributed by atoms with E-state index in [1.165, 1.54) is 0 Å². The number of aromatic nitrogens is 2. The second-order valence-electron chi connectivity index (χ2n) is 7.85. The highest BCUT2D eigenvalue weighted by molar-refractivity contribution is 6.31. The second kappa shape index (κ2) is 8.24. The van der Waals surface area contributed by atoms with Gasteiger partial charge in [-0.05, 0) is 45.0 Å². The Morgan fingerprint density at radius 3 is 2.87 bits per heavy atom. The lowest BCUT2D eigenvalue weighted by molar-refractivity contribution is 0.0698. The summed E-state index contributed by atoms with van der Waals surface area (Å²) < 4.78 is 5.93. The van der Waals surface area contributed by atoms with Crippen LogP contribution >= 0.6 is 11.6 Å². The van der Waals surface area contributed by atoms with Crippen molar-refractivity contribution in [3.8, 4) is 0 Å². The molecule has 30 heavy (non-hydrogen) atoms. The van der Waals surface area contributed by atoms with Gasteiger partial charge >= 0.3 is 0 Å². The van der Waals surface area contributed by atoms with E-state index in [0.29, 0.717) is 35.3 Å². The number of amides is 1. The smallest absolute Gasteiger partial charge is 0.290 e. The van der Waals surface area contributed by atoms with Crippen LogP contribution in [-0.4, -0.2) is 48.5 Å². The van der Waals surface area contributed by atoms with Gasteiger partial charge in [0.15, 0.2) is 11.6 Å². The van der Waals surface area contributed by atoms with Gasteiger partial charge in [-0.25, -0.2) is 9.97 Å². The molecule has 1 saturated heterocycles. The molecule has 0 bridgehead atoms. The van der Waals surface area contributed by atoms with Gasteiger partial charge in [-0.2, -0.15) is 0 Å². The second-order valence-corrected chi connectivity index (χ2v) is 8.29. The molecular formula is C22H26ClN5O2. The standard InChI is InChI=1S/C22H26ClN5O2/c1-13-16-10-14(23)7-8-18(16)30-20(13)22(29)28-9-5-6-17(28)21-25-15(12-24-2)11-19(26-21)27(3)4/h7-8,10-11,17,24H,5-6,9,12H2,1-4H3/t17-/m0/s1. The van der Waals surface area contributed by atoms with E-state index >= 15 is 0 Å². The summed E-state index contributed by atoms with van der Waals surface area (Å²) in [6.07, 6.45) is 1.73. The molecule has 7 nitrogen and oxygen atoms in total. The maximum atomic E-state index is 13.5. The van der Waals surface area contributed by atoms with Crippen LogP contribution in [0.2, 0.25) is 5.02 Å². The van der Waals surface area contributed by atoms with Crippen LogP contribution in [0.3, 0.4) is 0 Å². The zero-order valence-corrected chi connectivity index (χ0v) is 18.5. The van der Waals surface area contributed by atoms with E-state index in [4.69, 9.17) is 26.0 Å². The molecule has 1 atom stereocenters. The summed E-state index contributed by atoms with van der Waals surface area (Å²) in [6.45, 7) is 3.19. The van der Waals surface area contributed by atoms with E-state index < -0.39 is 0 Å². The number of hydrogen-bond donors (Lipinski definition) is 1. The molecule has 0 radical (unpaired) electrons. The molecule has 8 heteroatoms. The fourth-order valence-corrected chi connectivity index (χ4v) is 4.13. The summed E-state index contributed by atoms with van der Waals surface area (Å²) in [4.78, 5) is 26.7.